The number of amides is 1. The summed E-state index contributed by atoms with van der Waals surface area (Å²) >= 11 is 1.40. The first-order valence-corrected chi connectivity index (χ1v) is 9.25. The fourth-order valence-electron chi connectivity index (χ4n) is 3.37. The van der Waals surface area contributed by atoms with Crippen LogP contribution in [-0.2, 0) is 13.1 Å². The van der Waals surface area contributed by atoms with E-state index >= 15 is 0 Å². The van der Waals surface area contributed by atoms with Crippen LogP contribution in [0, 0.1) is 0 Å². The maximum atomic E-state index is 12.0. The van der Waals surface area contributed by atoms with Gasteiger partial charge in [-0.05, 0) is 12.8 Å². The lowest BCUT2D eigenvalue weighted by Crippen LogP contribution is -2.38. The summed E-state index contributed by atoms with van der Waals surface area (Å²) in [5.74, 6) is 2.60. The summed E-state index contributed by atoms with van der Waals surface area (Å²) in [4.78, 5) is 18.3. The molecule has 0 radical (unpaired) electrons. The predicted molar refractivity (Wildman–Crippen MR) is 90.0 cm³/mol. The van der Waals surface area contributed by atoms with Crippen molar-refractivity contribution in [3.05, 3.63) is 17.5 Å². The van der Waals surface area contributed by atoms with Gasteiger partial charge in [-0.3, -0.25) is 4.79 Å². The van der Waals surface area contributed by atoms with Crippen molar-refractivity contribution in [2.24, 2.45) is 0 Å². The molecule has 128 valence electrons. The molecule has 2 aromatic rings. The number of hydrogen-bond acceptors (Lipinski definition) is 7. The van der Waals surface area contributed by atoms with Crippen molar-refractivity contribution in [3.8, 4) is 0 Å². The molecule has 8 nitrogen and oxygen atoms in total. The van der Waals surface area contributed by atoms with Gasteiger partial charge in [0.1, 0.15) is 5.82 Å². The lowest BCUT2D eigenvalue weighted by molar-refractivity contribution is 0.0740. The van der Waals surface area contributed by atoms with Gasteiger partial charge in [0.05, 0.1) is 6.54 Å². The normalized spacial score (nSPS) is 18.7. The molecule has 0 aromatic carbocycles. The molecule has 1 N–H and O–H groups in total. The molecule has 4 rings (SSSR count). The summed E-state index contributed by atoms with van der Waals surface area (Å²) < 4.78 is 6.40. The van der Waals surface area contributed by atoms with Crippen molar-refractivity contribution in [1.82, 2.24) is 29.0 Å². The maximum Gasteiger partial charge on any atom is 0.291 e. The minimum absolute atomic E-state index is 0.0736. The molecule has 1 amide bonds. The highest BCUT2D eigenvalue weighted by Gasteiger charge is 2.26. The monoisotopic (exact) mass is 347 g/mol. The van der Waals surface area contributed by atoms with Crippen LogP contribution in [0.4, 0.5) is 5.13 Å². The van der Waals surface area contributed by atoms with Crippen LogP contribution < -0.4 is 5.32 Å². The van der Waals surface area contributed by atoms with Gasteiger partial charge in [0.15, 0.2) is 5.82 Å². The number of aromatic nitrogens is 5. The second kappa shape index (κ2) is 6.46. The van der Waals surface area contributed by atoms with E-state index in [1.165, 1.54) is 43.6 Å². The molecule has 0 atom stereocenters. The quantitative estimate of drug-likeness (QED) is 0.908. The predicted octanol–water partition coefficient (Wildman–Crippen LogP) is 1.88. The van der Waals surface area contributed by atoms with Crippen LogP contribution in [0.1, 0.15) is 60.3 Å². The maximum absolute atomic E-state index is 12.0. The fraction of sp³-hybridized carbons (Fsp3) is 0.667. The van der Waals surface area contributed by atoms with E-state index in [1.54, 1.807) is 11.9 Å². The third kappa shape index (κ3) is 2.88. The van der Waals surface area contributed by atoms with Crippen molar-refractivity contribution < 1.29 is 4.79 Å². The van der Waals surface area contributed by atoms with E-state index in [9.17, 15) is 4.79 Å². The summed E-state index contributed by atoms with van der Waals surface area (Å²) in [7, 11) is 1.78. The standard InChI is InChI=1S/C15H21N7OS/c1-21-7-8-22-11(18-19-13(22)14(21)23)9-16-15-17-12(20-24-15)10-5-3-2-4-6-10/h10H,2-9H2,1H3,(H,16,17,20). The molecule has 1 fully saturated rings. The van der Waals surface area contributed by atoms with Crippen LogP contribution in [0.15, 0.2) is 0 Å². The van der Waals surface area contributed by atoms with Gasteiger partial charge in [0.25, 0.3) is 5.91 Å². The van der Waals surface area contributed by atoms with Gasteiger partial charge in [0, 0.05) is 37.6 Å². The number of rotatable bonds is 4. The summed E-state index contributed by atoms with van der Waals surface area (Å²) in [5, 5.41) is 12.3. The Morgan fingerprint density at radius 1 is 1.21 bits per heavy atom. The van der Waals surface area contributed by atoms with Gasteiger partial charge < -0.3 is 14.8 Å². The lowest BCUT2D eigenvalue weighted by Gasteiger charge is -2.23. The Kier molecular flexibility index (Phi) is 4.17. The Morgan fingerprint density at radius 3 is 2.88 bits per heavy atom. The average Bonchev–Trinajstić information content (AvgIpc) is 3.24. The number of nitrogens with zero attached hydrogens (tertiary/aromatic N) is 6. The third-order valence-corrected chi connectivity index (χ3v) is 5.52. The molecule has 1 aliphatic heterocycles. The van der Waals surface area contributed by atoms with Crippen molar-refractivity contribution in [2.75, 3.05) is 18.9 Å². The average molecular weight is 347 g/mol. The van der Waals surface area contributed by atoms with E-state index in [1.807, 2.05) is 4.57 Å². The SMILES string of the molecule is CN1CCn2c(CNc3nc(C4CCCCC4)ns3)nnc2C1=O. The van der Waals surface area contributed by atoms with E-state index in [0.29, 0.717) is 24.8 Å². The highest BCUT2D eigenvalue weighted by atomic mass is 32.1. The first kappa shape index (κ1) is 15.5. The lowest BCUT2D eigenvalue weighted by atomic mass is 9.89. The fourth-order valence-corrected chi connectivity index (χ4v) is 4.01. The van der Waals surface area contributed by atoms with Gasteiger partial charge in [-0.1, -0.05) is 19.3 Å². The van der Waals surface area contributed by atoms with Crippen molar-refractivity contribution in [3.63, 3.8) is 0 Å². The molecular weight excluding hydrogens is 326 g/mol. The second-order valence-electron chi connectivity index (χ2n) is 6.46. The molecule has 0 spiro atoms. The molecule has 1 aliphatic carbocycles. The third-order valence-electron chi connectivity index (χ3n) is 4.83. The van der Waals surface area contributed by atoms with Crippen molar-refractivity contribution in [1.29, 1.82) is 0 Å². The molecule has 0 bridgehead atoms. The van der Waals surface area contributed by atoms with E-state index < -0.39 is 0 Å². The molecule has 2 aromatic heterocycles. The van der Waals surface area contributed by atoms with Crippen LogP contribution in [-0.4, -0.2) is 48.5 Å². The second-order valence-corrected chi connectivity index (χ2v) is 7.22. The van der Waals surface area contributed by atoms with E-state index in [-0.39, 0.29) is 5.91 Å². The molecule has 9 heteroatoms. The Labute approximate surface area is 144 Å². The Hall–Kier alpha value is -2.03. The van der Waals surface area contributed by atoms with Crippen LogP contribution >= 0.6 is 11.5 Å². The number of anilines is 1. The molecule has 0 unspecified atom stereocenters. The zero-order valence-electron chi connectivity index (χ0n) is 13.7. The van der Waals surface area contributed by atoms with Crippen LogP contribution in [0.25, 0.3) is 0 Å². The van der Waals surface area contributed by atoms with Crippen LogP contribution in [0.2, 0.25) is 0 Å². The summed E-state index contributed by atoms with van der Waals surface area (Å²) in [5.41, 5.74) is 0. The van der Waals surface area contributed by atoms with Gasteiger partial charge in [-0.25, -0.2) is 4.98 Å². The summed E-state index contributed by atoms with van der Waals surface area (Å²) in [6.45, 7) is 1.91. The van der Waals surface area contributed by atoms with Crippen molar-refractivity contribution in [2.45, 2.75) is 51.1 Å². The Bertz CT molecular complexity index is 734. The van der Waals surface area contributed by atoms with Gasteiger partial charge in [-0.2, -0.15) is 4.37 Å². The Balaban J connectivity index is 1.42. The molecule has 3 heterocycles. The van der Waals surface area contributed by atoms with E-state index in [0.717, 1.165) is 23.3 Å². The topological polar surface area (TPSA) is 88.8 Å². The molecule has 1 saturated carbocycles. The molecular formula is C15H21N7OS. The number of likely N-dealkylation sites (N-methyl/N-ethyl adjacent to an activating group) is 1. The zero-order valence-corrected chi connectivity index (χ0v) is 14.6. The smallest absolute Gasteiger partial charge is 0.291 e. The minimum Gasteiger partial charge on any atom is -0.353 e. The summed E-state index contributed by atoms with van der Waals surface area (Å²) in [6.07, 6.45) is 6.28. The number of carbonyl (C=O) groups is 1. The van der Waals surface area contributed by atoms with Crippen molar-refractivity contribution >= 4 is 22.6 Å². The molecule has 2 aliphatic rings. The first-order valence-electron chi connectivity index (χ1n) is 8.47. The van der Waals surface area contributed by atoms with Crippen LogP contribution in [0.5, 0.6) is 0 Å². The van der Waals surface area contributed by atoms with E-state index in [2.05, 4.69) is 24.9 Å². The highest BCUT2D eigenvalue weighted by molar-refractivity contribution is 7.09. The zero-order chi connectivity index (χ0) is 16.5. The van der Waals surface area contributed by atoms with Gasteiger partial charge in [0.2, 0.25) is 11.0 Å². The number of carbonyl (C=O) groups excluding carboxylic acids is 1. The number of fused-ring (bicyclic) bond motifs is 1. The number of nitrogens with one attached hydrogen (secondary N) is 1. The highest BCUT2D eigenvalue weighted by Crippen LogP contribution is 2.32. The molecule has 24 heavy (non-hydrogen) atoms. The van der Waals surface area contributed by atoms with Gasteiger partial charge in [-0.15, -0.1) is 10.2 Å². The summed E-state index contributed by atoms with van der Waals surface area (Å²) in [6, 6.07) is 0. The minimum atomic E-state index is -0.0736. The van der Waals surface area contributed by atoms with E-state index in [4.69, 9.17) is 0 Å². The molecule has 0 saturated heterocycles. The van der Waals surface area contributed by atoms with Gasteiger partial charge >= 0.3 is 0 Å². The first-order chi connectivity index (χ1) is 11.7. The Morgan fingerprint density at radius 2 is 2.04 bits per heavy atom. The van der Waals surface area contributed by atoms with Crippen LogP contribution in [0.3, 0.4) is 0 Å². The largest absolute Gasteiger partial charge is 0.353 e. The number of hydrogen-bond donors (Lipinski definition) is 1.